The number of carbonyl (C=O) groups is 2. The lowest BCUT2D eigenvalue weighted by Gasteiger charge is -2.22. The zero-order chi connectivity index (χ0) is 20.9. The molecule has 2 aromatic rings. The molecule has 0 bridgehead atoms. The van der Waals surface area contributed by atoms with E-state index in [2.05, 4.69) is 5.32 Å². The summed E-state index contributed by atoms with van der Waals surface area (Å²) in [5.74, 6) is -3.08. The molecular formula is C19H17ClF4N2O2. The third-order valence-electron chi connectivity index (χ3n) is 3.89. The largest absolute Gasteiger partial charge is 0.471 e. The van der Waals surface area contributed by atoms with E-state index in [1.807, 2.05) is 0 Å². The molecule has 1 N–H and O–H groups in total. The molecule has 0 unspecified atom stereocenters. The quantitative estimate of drug-likeness (QED) is 0.701. The number of nitrogens with zero attached hydrogens (tertiary/aromatic N) is 1. The predicted molar refractivity (Wildman–Crippen MR) is 97.3 cm³/mol. The first kappa shape index (κ1) is 21.7. The van der Waals surface area contributed by atoms with E-state index in [1.165, 1.54) is 49.4 Å². The van der Waals surface area contributed by atoms with Crippen molar-refractivity contribution >= 4 is 29.1 Å². The number of hydrogen-bond acceptors (Lipinski definition) is 2. The topological polar surface area (TPSA) is 49.4 Å². The maximum Gasteiger partial charge on any atom is 0.471 e. The Balaban J connectivity index is 2.08. The first-order chi connectivity index (χ1) is 13.1. The predicted octanol–water partition coefficient (Wildman–Crippen LogP) is 4.57. The van der Waals surface area contributed by atoms with Crippen LogP contribution in [0.5, 0.6) is 0 Å². The summed E-state index contributed by atoms with van der Waals surface area (Å²) in [5, 5.41) is 2.66. The number of benzene rings is 2. The smallest absolute Gasteiger partial charge is 0.331 e. The third-order valence-corrected chi connectivity index (χ3v) is 4.25. The molecular weight excluding hydrogens is 400 g/mol. The number of nitrogens with one attached hydrogen (secondary N) is 1. The van der Waals surface area contributed by atoms with E-state index >= 15 is 0 Å². The van der Waals surface area contributed by atoms with Crippen molar-refractivity contribution in [3.8, 4) is 0 Å². The van der Waals surface area contributed by atoms with Crippen LogP contribution in [0.25, 0.3) is 0 Å². The summed E-state index contributed by atoms with van der Waals surface area (Å²) in [5.41, 5.74) is 0.761. The molecule has 0 aromatic heterocycles. The van der Waals surface area contributed by atoms with Crippen molar-refractivity contribution in [2.24, 2.45) is 0 Å². The van der Waals surface area contributed by atoms with Gasteiger partial charge in [0.2, 0.25) is 5.91 Å². The molecule has 0 atom stereocenters. The van der Waals surface area contributed by atoms with Crippen LogP contribution in [0.4, 0.5) is 23.2 Å². The van der Waals surface area contributed by atoms with Gasteiger partial charge in [-0.05, 0) is 36.8 Å². The summed E-state index contributed by atoms with van der Waals surface area (Å²) < 4.78 is 51.6. The van der Waals surface area contributed by atoms with Crippen molar-refractivity contribution in [2.75, 3.05) is 11.9 Å². The van der Waals surface area contributed by atoms with Crippen LogP contribution in [0.2, 0.25) is 5.02 Å². The molecule has 0 aliphatic rings. The lowest BCUT2D eigenvalue weighted by Crippen LogP contribution is -2.40. The van der Waals surface area contributed by atoms with Crippen molar-refractivity contribution in [3.63, 3.8) is 0 Å². The molecule has 150 valence electrons. The molecule has 0 aliphatic carbocycles. The zero-order valence-electron chi connectivity index (χ0n) is 14.8. The average molecular weight is 417 g/mol. The van der Waals surface area contributed by atoms with Gasteiger partial charge in [-0.15, -0.1) is 0 Å². The van der Waals surface area contributed by atoms with Gasteiger partial charge in [-0.2, -0.15) is 13.2 Å². The molecule has 0 spiro atoms. The van der Waals surface area contributed by atoms with E-state index in [0.717, 1.165) is 0 Å². The van der Waals surface area contributed by atoms with E-state index in [1.54, 1.807) is 0 Å². The number of amides is 2. The van der Waals surface area contributed by atoms with E-state index in [-0.39, 0.29) is 30.1 Å². The maximum atomic E-state index is 13.8. The monoisotopic (exact) mass is 416 g/mol. The highest BCUT2D eigenvalue weighted by Gasteiger charge is 2.41. The summed E-state index contributed by atoms with van der Waals surface area (Å²) in [6.07, 6.45) is -5.26. The number of carbonyl (C=O) groups excluding carboxylic acids is 2. The van der Waals surface area contributed by atoms with Gasteiger partial charge in [0, 0.05) is 29.4 Å². The highest BCUT2D eigenvalue weighted by Crippen LogP contribution is 2.22. The Morgan fingerprint density at radius 1 is 1.14 bits per heavy atom. The van der Waals surface area contributed by atoms with Crippen molar-refractivity contribution in [1.82, 2.24) is 4.90 Å². The summed E-state index contributed by atoms with van der Waals surface area (Å²) in [6, 6.07) is 10.1. The van der Waals surface area contributed by atoms with Crippen LogP contribution in [-0.2, 0) is 22.6 Å². The number of halogens is 5. The fourth-order valence-corrected chi connectivity index (χ4v) is 2.77. The van der Waals surface area contributed by atoms with Gasteiger partial charge in [0.25, 0.3) is 0 Å². The minimum atomic E-state index is -4.96. The van der Waals surface area contributed by atoms with Gasteiger partial charge < -0.3 is 10.2 Å². The minimum Gasteiger partial charge on any atom is -0.331 e. The van der Waals surface area contributed by atoms with Crippen LogP contribution in [0.1, 0.15) is 18.1 Å². The number of alkyl halides is 3. The zero-order valence-corrected chi connectivity index (χ0v) is 15.6. The van der Waals surface area contributed by atoms with E-state index in [4.69, 9.17) is 11.6 Å². The Hall–Kier alpha value is -2.61. The van der Waals surface area contributed by atoms with Crippen LogP contribution in [0, 0.1) is 5.82 Å². The molecule has 0 fully saturated rings. The number of anilines is 1. The first-order valence-corrected chi connectivity index (χ1v) is 8.67. The van der Waals surface area contributed by atoms with Gasteiger partial charge in [0.05, 0.1) is 6.42 Å². The molecule has 2 rings (SSSR count). The molecule has 28 heavy (non-hydrogen) atoms. The second-order valence-electron chi connectivity index (χ2n) is 5.94. The Morgan fingerprint density at radius 2 is 1.82 bits per heavy atom. The Labute approximate surface area is 164 Å². The van der Waals surface area contributed by atoms with Crippen molar-refractivity contribution in [2.45, 2.75) is 26.1 Å². The maximum absolute atomic E-state index is 13.8. The fraction of sp³-hybridized carbons (Fsp3) is 0.263. The first-order valence-electron chi connectivity index (χ1n) is 8.29. The molecule has 2 amide bonds. The highest BCUT2D eigenvalue weighted by atomic mass is 35.5. The van der Waals surface area contributed by atoms with Gasteiger partial charge in [0.15, 0.2) is 0 Å². The van der Waals surface area contributed by atoms with E-state index in [0.29, 0.717) is 16.2 Å². The standard InChI is InChI=1S/C19H17ClF4N2O2/c1-2-26(18(28)19(22,23)24)11-12-5-3-6-13(9-12)25-17(27)10-14-15(20)7-4-8-16(14)21/h3-9H,2,10-11H2,1H3,(H,25,27). The lowest BCUT2D eigenvalue weighted by molar-refractivity contribution is -0.185. The minimum absolute atomic E-state index is 0.0470. The third kappa shape index (κ3) is 5.69. The summed E-state index contributed by atoms with van der Waals surface area (Å²) >= 11 is 5.89. The van der Waals surface area contributed by atoms with Gasteiger partial charge in [-0.1, -0.05) is 29.8 Å². The van der Waals surface area contributed by atoms with Crippen LogP contribution >= 0.6 is 11.6 Å². The SMILES string of the molecule is CCN(Cc1cccc(NC(=O)Cc2c(F)cccc2Cl)c1)C(=O)C(F)(F)F. The molecule has 0 radical (unpaired) electrons. The van der Waals surface area contributed by atoms with Gasteiger partial charge >= 0.3 is 12.1 Å². The van der Waals surface area contributed by atoms with Crippen LogP contribution < -0.4 is 5.32 Å². The summed E-state index contributed by atoms with van der Waals surface area (Å²) in [7, 11) is 0. The van der Waals surface area contributed by atoms with E-state index in [9.17, 15) is 27.2 Å². The van der Waals surface area contributed by atoms with Crippen LogP contribution in [-0.4, -0.2) is 29.4 Å². The Morgan fingerprint density at radius 3 is 2.43 bits per heavy atom. The van der Waals surface area contributed by atoms with Gasteiger partial charge in [0.1, 0.15) is 5.82 Å². The van der Waals surface area contributed by atoms with Crippen molar-refractivity contribution < 1.29 is 27.2 Å². The van der Waals surface area contributed by atoms with Crippen LogP contribution in [0.15, 0.2) is 42.5 Å². The Bertz CT molecular complexity index is 851. The fourth-order valence-electron chi connectivity index (χ4n) is 2.54. The number of rotatable bonds is 6. The van der Waals surface area contributed by atoms with Gasteiger partial charge in [-0.25, -0.2) is 4.39 Å². The molecule has 4 nitrogen and oxygen atoms in total. The molecule has 0 aliphatic heterocycles. The summed E-state index contributed by atoms with van der Waals surface area (Å²) in [6.45, 7) is 1.05. The molecule has 0 saturated heterocycles. The Kier molecular flexibility index (Phi) is 7.01. The van der Waals surface area contributed by atoms with Crippen molar-refractivity contribution in [1.29, 1.82) is 0 Å². The molecule has 0 heterocycles. The van der Waals surface area contributed by atoms with Gasteiger partial charge in [-0.3, -0.25) is 9.59 Å². The second-order valence-corrected chi connectivity index (χ2v) is 6.35. The molecule has 2 aromatic carbocycles. The highest BCUT2D eigenvalue weighted by molar-refractivity contribution is 6.31. The molecule has 9 heteroatoms. The number of hydrogen-bond donors (Lipinski definition) is 1. The molecule has 0 saturated carbocycles. The van der Waals surface area contributed by atoms with Crippen molar-refractivity contribution in [3.05, 3.63) is 64.4 Å². The normalized spacial score (nSPS) is 11.2. The van der Waals surface area contributed by atoms with E-state index < -0.39 is 23.8 Å². The van der Waals surface area contributed by atoms with Crippen LogP contribution in [0.3, 0.4) is 0 Å². The summed E-state index contributed by atoms with van der Waals surface area (Å²) in [4.78, 5) is 24.2. The lowest BCUT2D eigenvalue weighted by atomic mass is 10.1. The second kappa shape index (κ2) is 9.05. The average Bonchev–Trinajstić information content (AvgIpc) is 2.62.